The predicted molar refractivity (Wildman–Crippen MR) is 108 cm³/mol. The van der Waals surface area contributed by atoms with E-state index in [0.717, 1.165) is 40.9 Å². The number of aromatic nitrogens is 3. The van der Waals surface area contributed by atoms with E-state index in [9.17, 15) is 4.79 Å². The van der Waals surface area contributed by atoms with Gasteiger partial charge in [0.05, 0.1) is 31.0 Å². The van der Waals surface area contributed by atoms with Crippen LogP contribution >= 0.6 is 11.3 Å². The van der Waals surface area contributed by atoms with Crippen LogP contribution < -0.4 is 10.2 Å². The van der Waals surface area contributed by atoms with Gasteiger partial charge in [-0.1, -0.05) is 12.1 Å². The highest BCUT2D eigenvalue weighted by Gasteiger charge is 2.16. The Kier molecular flexibility index (Phi) is 5.89. The minimum atomic E-state index is -0.0605. The van der Waals surface area contributed by atoms with E-state index in [1.54, 1.807) is 12.4 Å². The zero-order valence-electron chi connectivity index (χ0n) is 15.4. The largest absolute Gasteiger partial charge is 0.378 e. The maximum Gasteiger partial charge on any atom is 0.226 e. The Labute approximate surface area is 167 Å². The van der Waals surface area contributed by atoms with Crippen molar-refractivity contribution < 1.29 is 9.53 Å². The van der Waals surface area contributed by atoms with Crippen LogP contribution in [0.25, 0.3) is 10.7 Å². The second-order valence-electron chi connectivity index (χ2n) is 6.40. The summed E-state index contributed by atoms with van der Waals surface area (Å²) in [5, 5.41) is 5.72. The van der Waals surface area contributed by atoms with Crippen LogP contribution in [0.1, 0.15) is 11.3 Å². The highest BCUT2D eigenvalue weighted by atomic mass is 32.1. The first-order chi connectivity index (χ1) is 13.8. The molecular weight excluding hydrogens is 374 g/mol. The normalized spacial score (nSPS) is 14.1. The summed E-state index contributed by atoms with van der Waals surface area (Å²) in [5.74, 6) is 0.854. The molecule has 0 spiro atoms. The van der Waals surface area contributed by atoms with Gasteiger partial charge in [-0.15, -0.1) is 11.3 Å². The molecule has 28 heavy (non-hydrogen) atoms. The van der Waals surface area contributed by atoms with E-state index in [1.807, 2.05) is 35.7 Å². The summed E-state index contributed by atoms with van der Waals surface area (Å²) in [6.07, 6.45) is 3.77. The van der Waals surface area contributed by atoms with E-state index < -0.39 is 0 Å². The van der Waals surface area contributed by atoms with Crippen molar-refractivity contribution in [2.75, 3.05) is 31.2 Å². The van der Waals surface area contributed by atoms with Gasteiger partial charge in [0.2, 0.25) is 5.91 Å². The molecule has 3 aromatic rings. The molecule has 0 saturated carbocycles. The van der Waals surface area contributed by atoms with Crippen LogP contribution in [-0.2, 0) is 22.5 Å². The van der Waals surface area contributed by atoms with Gasteiger partial charge in [0.1, 0.15) is 10.8 Å². The van der Waals surface area contributed by atoms with E-state index in [1.165, 1.54) is 11.3 Å². The molecular formula is C20H21N5O2S. The van der Waals surface area contributed by atoms with E-state index in [0.29, 0.717) is 19.8 Å². The average molecular weight is 395 g/mol. The van der Waals surface area contributed by atoms with Gasteiger partial charge in [-0.3, -0.25) is 9.78 Å². The molecule has 8 heteroatoms. The van der Waals surface area contributed by atoms with Gasteiger partial charge < -0.3 is 15.0 Å². The number of thiazole rings is 1. The van der Waals surface area contributed by atoms with Crippen molar-refractivity contribution >= 4 is 23.1 Å². The summed E-state index contributed by atoms with van der Waals surface area (Å²) in [6, 6.07) is 9.61. The number of nitrogens with zero attached hydrogens (tertiary/aromatic N) is 4. The molecule has 1 amide bonds. The molecule has 0 radical (unpaired) electrons. The number of carbonyl (C=O) groups excluding carboxylic acids is 1. The molecule has 1 fully saturated rings. The molecule has 4 heterocycles. The van der Waals surface area contributed by atoms with E-state index >= 15 is 0 Å². The average Bonchev–Trinajstić information content (AvgIpc) is 3.22. The van der Waals surface area contributed by atoms with E-state index in [4.69, 9.17) is 4.74 Å². The standard InChI is InChI=1S/C20H21N5O2S/c26-18(12-16-14-28-20(24-16)17-5-1-2-6-21-17)23-13-15-4-3-7-22-19(15)25-8-10-27-11-9-25/h1-7,14H,8-13H2,(H,23,26). The lowest BCUT2D eigenvalue weighted by Gasteiger charge is -2.29. The van der Waals surface area contributed by atoms with Gasteiger partial charge in [0.25, 0.3) is 0 Å². The van der Waals surface area contributed by atoms with E-state index in [2.05, 4.69) is 25.2 Å². The number of hydrogen-bond acceptors (Lipinski definition) is 7. The Balaban J connectivity index is 1.36. The molecule has 0 aliphatic carbocycles. The first-order valence-corrected chi connectivity index (χ1v) is 10.1. The summed E-state index contributed by atoms with van der Waals surface area (Å²) >= 11 is 1.50. The Morgan fingerprint density at radius 2 is 2.00 bits per heavy atom. The fourth-order valence-electron chi connectivity index (χ4n) is 3.04. The third kappa shape index (κ3) is 4.52. The van der Waals surface area contributed by atoms with Crippen LogP contribution in [-0.4, -0.2) is 47.2 Å². The Hall–Kier alpha value is -2.84. The van der Waals surface area contributed by atoms with Gasteiger partial charge in [-0.2, -0.15) is 0 Å². The summed E-state index contributed by atoms with van der Waals surface area (Å²) in [5.41, 5.74) is 2.58. The van der Waals surface area contributed by atoms with Crippen molar-refractivity contribution in [1.29, 1.82) is 0 Å². The van der Waals surface area contributed by atoms with Crippen molar-refractivity contribution in [2.45, 2.75) is 13.0 Å². The lowest BCUT2D eigenvalue weighted by atomic mass is 10.2. The van der Waals surface area contributed by atoms with Crippen LogP contribution in [0, 0.1) is 0 Å². The van der Waals surface area contributed by atoms with Crippen LogP contribution in [0.2, 0.25) is 0 Å². The number of nitrogens with one attached hydrogen (secondary N) is 1. The number of rotatable bonds is 6. The minimum Gasteiger partial charge on any atom is -0.378 e. The molecule has 0 bridgehead atoms. The number of anilines is 1. The Bertz CT molecular complexity index is 925. The molecule has 144 valence electrons. The van der Waals surface area contributed by atoms with Gasteiger partial charge in [0, 0.05) is 43.0 Å². The zero-order chi connectivity index (χ0) is 19.2. The second-order valence-corrected chi connectivity index (χ2v) is 7.26. The number of hydrogen-bond donors (Lipinski definition) is 1. The monoisotopic (exact) mass is 395 g/mol. The van der Waals surface area contributed by atoms with Crippen molar-refractivity contribution in [3.63, 3.8) is 0 Å². The lowest BCUT2D eigenvalue weighted by molar-refractivity contribution is -0.120. The maximum absolute atomic E-state index is 12.4. The first kappa shape index (κ1) is 18.5. The zero-order valence-corrected chi connectivity index (χ0v) is 16.2. The molecule has 0 aromatic carbocycles. The Morgan fingerprint density at radius 3 is 2.82 bits per heavy atom. The summed E-state index contributed by atoms with van der Waals surface area (Å²) < 4.78 is 5.41. The van der Waals surface area contributed by atoms with Crippen molar-refractivity contribution in [2.24, 2.45) is 0 Å². The van der Waals surface area contributed by atoms with Crippen molar-refractivity contribution in [3.8, 4) is 10.7 Å². The molecule has 1 N–H and O–H groups in total. The topological polar surface area (TPSA) is 80.2 Å². The Morgan fingerprint density at radius 1 is 1.14 bits per heavy atom. The molecule has 1 aliphatic rings. The predicted octanol–water partition coefficient (Wildman–Crippen LogP) is 2.30. The maximum atomic E-state index is 12.4. The highest BCUT2D eigenvalue weighted by molar-refractivity contribution is 7.13. The van der Waals surface area contributed by atoms with Crippen LogP contribution in [0.4, 0.5) is 5.82 Å². The van der Waals surface area contributed by atoms with Crippen LogP contribution in [0.15, 0.2) is 48.1 Å². The lowest BCUT2D eigenvalue weighted by Crippen LogP contribution is -2.38. The third-order valence-electron chi connectivity index (χ3n) is 4.43. The minimum absolute atomic E-state index is 0.0605. The van der Waals surface area contributed by atoms with Gasteiger partial charge in [-0.25, -0.2) is 9.97 Å². The van der Waals surface area contributed by atoms with Gasteiger partial charge >= 0.3 is 0 Å². The van der Waals surface area contributed by atoms with Crippen molar-refractivity contribution in [1.82, 2.24) is 20.3 Å². The smallest absolute Gasteiger partial charge is 0.226 e. The third-order valence-corrected chi connectivity index (χ3v) is 5.35. The fourth-order valence-corrected chi connectivity index (χ4v) is 3.84. The molecule has 1 saturated heterocycles. The molecule has 0 atom stereocenters. The van der Waals surface area contributed by atoms with Gasteiger partial charge in [0.15, 0.2) is 0 Å². The number of carbonyl (C=O) groups is 1. The number of ether oxygens (including phenoxy) is 1. The molecule has 0 unspecified atom stereocenters. The molecule has 4 rings (SSSR count). The highest BCUT2D eigenvalue weighted by Crippen LogP contribution is 2.22. The van der Waals surface area contributed by atoms with Crippen LogP contribution in [0.5, 0.6) is 0 Å². The molecule has 7 nitrogen and oxygen atoms in total. The van der Waals surface area contributed by atoms with Crippen molar-refractivity contribution in [3.05, 3.63) is 59.4 Å². The first-order valence-electron chi connectivity index (χ1n) is 9.19. The number of morpholine rings is 1. The summed E-state index contributed by atoms with van der Waals surface area (Å²) in [6.45, 7) is 3.46. The number of amides is 1. The SMILES string of the molecule is O=C(Cc1csc(-c2ccccn2)n1)NCc1cccnc1N1CCOCC1. The summed E-state index contributed by atoms with van der Waals surface area (Å²) in [4.78, 5) is 27.9. The quantitative estimate of drug-likeness (QED) is 0.690. The number of pyridine rings is 2. The summed E-state index contributed by atoms with van der Waals surface area (Å²) in [7, 11) is 0. The van der Waals surface area contributed by atoms with Crippen LogP contribution in [0.3, 0.4) is 0 Å². The second kappa shape index (κ2) is 8.90. The van der Waals surface area contributed by atoms with Gasteiger partial charge in [-0.05, 0) is 18.2 Å². The molecule has 1 aliphatic heterocycles. The fraction of sp³-hybridized carbons (Fsp3) is 0.300. The van der Waals surface area contributed by atoms with E-state index in [-0.39, 0.29) is 12.3 Å². The molecule has 3 aromatic heterocycles.